The Kier molecular flexibility index (Phi) is 4.81. The highest BCUT2D eigenvalue weighted by molar-refractivity contribution is 6.30. The van der Waals surface area contributed by atoms with Crippen molar-refractivity contribution in [3.8, 4) is 0 Å². The maximum Gasteiger partial charge on any atom is 0.318 e. The molecule has 138 valence electrons. The van der Waals surface area contributed by atoms with Gasteiger partial charge in [0.05, 0.1) is 17.3 Å². The van der Waals surface area contributed by atoms with Gasteiger partial charge in [-0.15, -0.1) is 0 Å². The van der Waals surface area contributed by atoms with Crippen LogP contribution < -0.4 is 5.32 Å². The number of aromatic nitrogens is 2. The van der Waals surface area contributed by atoms with Crippen LogP contribution in [0.15, 0.2) is 54.9 Å². The van der Waals surface area contributed by atoms with Crippen molar-refractivity contribution >= 4 is 28.9 Å². The number of carbonyl (C=O) groups excluding carboxylic acids is 1. The Labute approximate surface area is 161 Å². The SMILES string of the molecule is O=C(NCc1cn2cc(Cl)ccc2n1)N1CC=C(c2ccc(F)cc2)CC1. The molecule has 2 amide bonds. The number of pyridine rings is 1. The van der Waals surface area contributed by atoms with Gasteiger partial charge in [0, 0.05) is 25.5 Å². The second-order valence-electron chi connectivity index (χ2n) is 6.44. The highest BCUT2D eigenvalue weighted by atomic mass is 35.5. The van der Waals surface area contributed by atoms with Crippen LogP contribution in [0.25, 0.3) is 11.2 Å². The van der Waals surface area contributed by atoms with Gasteiger partial charge in [-0.1, -0.05) is 29.8 Å². The smallest absolute Gasteiger partial charge is 0.318 e. The summed E-state index contributed by atoms with van der Waals surface area (Å²) < 4.78 is 14.9. The first-order chi connectivity index (χ1) is 13.1. The zero-order valence-corrected chi connectivity index (χ0v) is 15.3. The summed E-state index contributed by atoms with van der Waals surface area (Å²) in [6.07, 6.45) is 6.39. The normalized spacial score (nSPS) is 14.3. The number of halogens is 2. The van der Waals surface area contributed by atoms with E-state index in [1.165, 1.54) is 12.1 Å². The van der Waals surface area contributed by atoms with Crippen LogP contribution >= 0.6 is 11.6 Å². The Bertz CT molecular complexity index is 1010. The summed E-state index contributed by atoms with van der Waals surface area (Å²) in [6.45, 7) is 1.50. The van der Waals surface area contributed by atoms with Crippen molar-refractivity contribution < 1.29 is 9.18 Å². The van der Waals surface area contributed by atoms with Crippen LogP contribution in [-0.2, 0) is 6.54 Å². The molecule has 7 heteroatoms. The number of carbonyl (C=O) groups is 1. The Morgan fingerprint density at radius 2 is 2.00 bits per heavy atom. The van der Waals surface area contributed by atoms with Gasteiger partial charge in [0.25, 0.3) is 0 Å². The van der Waals surface area contributed by atoms with Gasteiger partial charge in [0.2, 0.25) is 0 Å². The quantitative estimate of drug-likeness (QED) is 0.738. The maximum absolute atomic E-state index is 13.0. The summed E-state index contributed by atoms with van der Waals surface area (Å²) in [5.41, 5.74) is 3.69. The molecule has 0 saturated carbocycles. The number of imidazole rings is 1. The molecule has 0 atom stereocenters. The number of nitrogens with zero attached hydrogens (tertiary/aromatic N) is 3. The van der Waals surface area contributed by atoms with Gasteiger partial charge in [0.1, 0.15) is 11.5 Å². The number of nitrogens with one attached hydrogen (secondary N) is 1. The van der Waals surface area contributed by atoms with E-state index in [-0.39, 0.29) is 11.8 Å². The fourth-order valence-corrected chi connectivity index (χ4v) is 3.33. The molecule has 1 aliphatic heterocycles. The highest BCUT2D eigenvalue weighted by Gasteiger charge is 2.18. The third-order valence-electron chi connectivity index (χ3n) is 4.60. The predicted molar refractivity (Wildman–Crippen MR) is 103 cm³/mol. The maximum atomic E-state index is 13.0. The van der Waals surface area contributed by atoms with Crippen molar-refractivity contribution in [2.45, 2.75) is 13.0 Å². The molecular weight excluding hydrogens is 367 g/mol. The number of urea groups is 1. The Morgan fingerprint density at radius 3 is 2.74 bits per heavy atom. The van der Waals surface area contributed by atoms with Crippen LogP contribution in [-0.4, -0.2) is 33.4 Å². The average molecular weight is 385 g/mol. The Hall–Kier alpha value is -2.86. The van der Waals surface area contributed by atoms with Crippen LogP contribution in [0.2, 0.25) is 5.02 Å². The van der Waals surface area contributed by atoms with Crippen LogP contribution in [0.3, 0.4) is 0 Å². The molecule has 0 unspecified atom stereocenters. The van der Waals surface area contributed by atoms with Gasteiger partial charge in [0.15, 0.2) is 0 Å². The zero-order valence-electron chi connectivity index (χ0n) is 14.5. The standard InChI is InChI=1S/C20H18ClFN4O/c21-16-3-6-19-24-18(13-26(19)12-16)11-23-20(27)25-9-7-15(8-10-25)14-1-4-17(22)5-2-14/h1-7,12-13H,8-11H2,(H,23,27). The molecule has 0 saturated heterocycles. The molecule has 1 aliphatic rings. The van der Waals surface area contributed by atoms with E-state index in [4.69, 9.17) is 11.6 Å². The number of benzene rings is 1. The van der Waals surface area contributed by atoms with Crippen molar-refractivity contribution in [3.05, 3.63) is 77.0 Å². The molecule has 27 heavy (non-hydrogen) atoms. The molecule has 1 N–H and O–H groups in total. The molecule has 5 nitrogen and oxygen atoms in total. The molecule has 0 radical (unpaired) electrons. The predicted octanol–water partition coefficient (Wildman–Crippen LogP) is 4.13. The number of hydrogen-bond donors (Lipinski definition) is 1. The topological polar surface area (TPSA) is 49.6 Å². The lowest BCUT2D eigenvalue weighted by Gasteiger charge is -2.26. The van der Waals surface area contributed by atoms with E-state index < -0.39 is 0 Å². The minimum absolute atomic E-state index is 0.125. The molecule has 0 aliphatic carbocycles. The molecule has 0 spiro atoms. The summed E-state index contributed by atoms with van der Waals surface area (Å²) >= 11 is 5.97. The lowest BCUT2D eigenvalue weighted by atomic mass is 10.00. The van der Waals surface area contributed by atoms with E-state index in [0.29, 0.717) is 24.7 Å². The monoisotopic (exact) mass is 384 g/mol. The van der Waals surface area contributed by atoms with E-state index in [0.717, 1.165) is 28.9 Å². The van der Waals surface area contributed by atoms with Crippen molar-refractivity contribution in [2.75, 3.05) is 13.1 Å². The summed E-state index contributed by atoms with van der Waals surface area (Å²) in [7, 11) is 0. The summed E-state index contributed by atoms with van der Waals surface area (Å²) in [5, 5.41) is 3.54. The fourth-order valence-electron chi connectivity index (χ4n) is 3.16. The van der Waals surface area contributed by atoms with Crippen LogP contribution in [0.5, 0.6) is 0 Å². The van der Waals surface area contributed by atoms with Crippen molar-refractivity contribution in [1.82, 2.24) is 19.6 Å². The fraction of sp³-hybridized carbons (Fsp3) is 0.200. The van der Waals surface area contributed by atoms with Crippen molar-refractivity contribution in [2.24, 2.45) is 0 Å². The average Bonchev–Trinajstić information content (AvgIpc) is 3.09. The van der Waals surface area contributed by atoms with Gasteiger partial charge in [-0.05, 0) is 41.8 Å². The van der Waals surface area contributed by atoms with Crippen molar-refractivity contribution in [3.63, 3.8) is 0 Å². The van der Waals surface area contributed by atoms with Gasteiger partial charge >= 0.3 is 6.03 Å². The number of amides is 2. The summed E-state index contributed by atoms with van der Waals surface area (Å²) in [4.78, 5) is 18.6. The van der Waals surface area contributed by atoms with E-state index in [1.54, 1.807) is 29.3 Å². The van der Waals surface area contributed by atoms with Crippen LogP contribution in [0.4, 0.5) is 9.18 Å². The first-order valence-corrected chi connectivity index (χ1v) is 9.07. The lowest BCUT2D eigenvalue weighted by molar-refractivity contribution is 0.202. The Morgan fingerprint density at radius 1 is 1.19 bits per heavy atom. The first-order valence-electron chi connectivity index (χ1n) is 8.69. The summed E-state index contributed by atoms with van der Waals surface area (Å²) in [5.74, 6) is -0.245. The van der Waals surface area contributed by atoms with Gasteiger partial charge in [-0.25, -0.2) is 14.2 Å². The molecule has 3 aromatic rings. The molecule has 3 heterocycles. The molecule has 0 bridgehead atoms. The Balaban J connectivity index is 1.35. The molecule has 2 aromatic heterocycles. The minimum atomic E-state index is -0.245. The molecule has 1 aromatic carbocycles. The number of fused-ring (bicyclic) bond motifs is 1. The van der Waals surface area contributed by atoms with Gasteiger partial charge in [-0.3, -0.25) is 0 Å². The van der Waals surface area contributed by atoms with E-state index in [2.05, 4.69) is 10.3 Å². The molecular formula is C20H18ClFN4O. The van der Waals surface area contributed by atoms with E-state index in [1.807, 2.05) is 22.7 Å². The zero-order chi connectivity index (χ0) is 18.8. The van der Waals surface area contributed by atoms with Gasteiger partial charge in [-0.2, -0.15) is 0 Å². The summed E-state index contributed by atoms with van der Waals surface area (Å²) in [6, 6.07) is 9.94. The van der Waals surface area contributed by atoms with E-state index >= 15 is 0 Å². The van der Waals surface area contributed by atoms with E-state index in [9.17, 15) is 9.18 Å². The van der Waals surface area contributed by atoms with Crippen LogP contribution in [0, 0.1) is 5.82 Å². The highest BCUT2D eigenvalue weighted by Crippen LogP contribution is 2.22. The first kappa shape index (κ1) is 17.5. The van der Waals surface area contributed by atoms with Crippen LogP contribution in [0.1, 0.15) is 17.7 Å². The second kappa shape index (κ2) is 7.40. The second-order valence-corrected chi connectivity index (χ2v) is 6.87. The van der Waals surface area contributed by atoms with Gasteiger partial charge < -0.3 is 14.6 Å². The number of hydrogen-bond acceptors (Lipinski definition) is 2. The molecule has 0 fully saturated rings. The third-order valence-corrected chi connectivity index (χ3v) is 4.82. The number of rotatable bonds is 3. The third kappa shape index (κ3) is 3.95. The largest absolute Gasteiger partial charge is 0.332 e. The molecule has 4 rings (SSSR count). The van der Waals surface area contributed by atoms with Crippen molar-refractivity contribution in [1.29, 1.82) is 0 Å². The minimum Gasteiger partial charge on any atom is -0.332 e. The lowest BCUT2D eigenvalue weighted by Crippen LogP contribution is -2.41.